The van der Waals surface area contributed by atoms with Gasteiger partial charge in [-0.1, -0.05) is 17.7 Å². The lowest BCUT2D eigenvalue weighted by Gasteiger charge is -2.15. The highest BCUT2D eigenvalue weighted by molar-refractivity contribution is 9.11. The minimum absolute atomic E-state index is 0.170. The van der Waals surface area contributed by atoms with Gasteiger partial charge in [0.15, 0.2) is 0 Å². The first-order valence-electron chi connectivity index (χ1n) is 8.39. The van der Waals surface area contributed by atoms with Crippen molar-refractivity contribution >= 4 is 50.7 Å². The average molecular weight is 452 g/mol. The molecule has 8 heteroatoms. The Bertz CT molecular complexity index is 856. The summed E-state index contributed by atoms with van der Waals surface area (Å²) in [5.74, 6) is -1.07. The van der Waals surface area contributed by atoms with Crippen molar-refractivity contribution in [3.05, 3.63) is 49.6 Å². The summed E-state index contributed by atoms with van der Waals surface area (Å²) in [6.07, 6.45) is 0. The van der Waals surface area contributed by atoms with Gasteiger partial charge in [-0.25, -0.2) is 0 Å². The van der Waals surface area contributed by atoms with E-state index in [2.05, 4.69) is 31.9 Å². The summed E-state index contributed by atoms with van der Waals surface area (Å²) in [4.78, 5) is 36.9. The Labute approximate surface area is 170 Å². The number of amides is 3. The van der Waals surface area contributed by atoms with Gasteiger partial charge in [-0.15, -0.1) is 11.3 Å². The smallest absolute Gasteiger partial charge is 0.262 e. The van der Waals surface area contributed by atoms with Gasteiger partial charge in [0.25, 0.3) is 5.91 Å². The number of carbonyl (C=O) groups is 3. The molecule has 2 rings (SSSR count). The SMILES string of the molecule is Cc1cc(C)c(NC(=O)CNC(=O)C(C)NC(=O)c2ccc(Br)s2)c(C)c1. The van der Waals surface area contributed by atoms with Crippen molar-refractivity contribution in [2.45, 2.75) is 33.7 Å². The third kappa shape index (κ3) is 5.90. The zero-order valence-corrected chi connectivity index (χ0v) is 18.0. The maximum Gasteiger partial charge on any atom is 0.262 e. The summed E-state index contributed by atoms with van der Waals surface area (Å²) in [5, 5.41) is 7.98. The zero-order chi connectivity index (χ0) is 20.1. The first-order valence-corrected chi connectivity index (χ1v) is 10.00. The van der Waals surface area contributed by atoms with Crippen LogP contribution in [0.1, 0.15) is 33.3 Å². The molecule has 0 aliphatic carbocycles. The van der Waals surface area contributed by atoms with Gasteiger partial charge in [0.05, 0.1) is 15.2 Å². The van der Waals surface area contributed by atoms with Crippen LogP contribution < -0.4 is 16.0 Å². The molecule has 1 aromatic carbocycles. The number of halogens is 1. The number of anilines is 1. The van der Waals surface area contributed by atoms with E-state index in [4.69, 9.17) is 0 Å². The average Bonchev–Trinajstić information content (AvgIpc) is 3.02. The van der Waals surface area contributed by atoms with Crippen LogP contribution >= 0.6 is 27.3 Å². The van der Waals surface area contributed by atoms with Crippen molar-refractivity contribution in [1.82, 2.24) is 10.6 Å². The molecule has 1 atom stereocenters. The van der Waals surface area contributed by atoms with Crippen molar-refractivity contribution in [2.24, 2.45) is 0 Å². The van der Waals surface area contributed by atoms with Crippen molar-refractivity contribution in [1.29, 1.82) is 0 Å². The molecule has 0 saturated carbocycles. The van der Waals surface area contributed by atoms with E-state index in [9.17, 15) is 14.4 Å². The molecular weight excluding hydrogens is 430 g/mol. The van der Waals surface area contributed by atoms with Crippen LogP contribution in [0.5, 0.6) is 0 Å². The molecule has 0 aliphatic rings. The molecule has 6 nitrogen and oxygen atoms in total. The number of hydrogen-bond acceptors (Lipinski definition) is 4. The predicted molar refractivity (Wildman–Crippen MR) is 111 cm³/mol. The van der Waals surface area contributed by atoms with Gasteiger partial charge in [-0.05, 0) is 66.9 Å². The second kappa shape index (κ2) is 9.14. The fourth-order valence-corrected chi connectivity index (χ4v) is 3.94. The molecule has 0 saturated heterocycles. The summed E-state index contributed by atoms with van der Waals surface area (Å²) < 4.78 is 0.836. The fraction of sp³-hybridized carbons (Fsp3) is 0.316. The number of thiophene rings is 1. The van der Waals surface area contributed by atoms with Gasteiger partial charge >= 0.3 is 0 Å². The lowest BCUT2D eigenvalue weighted by molar-refractivity contribution is -0.125. The maximum atomic E-state index is 12.2. The molecule has 1 unspecified atom stereocenters. The van der Waals surface area contributed by atoms with Crippen LogP contribution in [0.4, 0.5) is 5.69 Å². The zero-order valence-electron chi connectivity index (χ0n) is 15.6. The van der Waals surface area contributed by atoms with Gasteiger partial charge in [0.2, 0.25) is 11.8 Å². The second-order valence-electron chi connectivity index (χ2n) is 6.34. The molecule has 0 bridgehead atoms. The molecule has 0 radical (unpaired) electrons. The molecule has 144 valence electrons. The van der Waals surface area contributed by atoms with Crippen molar-refractivity contribution in [3.63, 3.8) is 0 Å². The van der Waals surface area contributed by atoms with E-state index in [-0.39, 0.29) is 18.4 Å². The summed E-state index contributed by atoms with van der Waals surface area (Å²) in [7, 11) is 0. The maximum absolute atomic E-state index is 12.2. The summed E-state index contributed by atoms with van der Waals surface area (Å²) in [5.41, 5.74) is 3.81. The number of nitrogens with one attached hydrogen (secondary N) is 3. The lowest BCUT2D eigenvalue weighted by Crippen LogP contribution is -2.46. The Balaban J connectivity index is 1.85. The van der Waals surface area contributed by atoms with Gasteiger partial charge in [-0.2, -0.15) is 0 Å². The molecule has 1 aromatic heterocycles. The van der Waals surface area contributed by atoms with E-state index in [0.717, 1.165) is 26.2 Å². The Morgan fingerprint density at radius 3 is 2.30 bits per heavy atom. The van der Waals surface area contributed by atoms with Gasteiger partial charge in [-0.3, -0.25) is 14.4 Å². The van der Waals surface area contributed by atoms with Crippen molar-refractivity contribution in [3.8, 4) is 0 Å². The number of hydrogen-bond donors (Lipinski definition) is 3. The quantitative estimate of drug-likeness (QED) is 0.629. The first kappa shape index (κ1) is 21.1. The predicted octanol–water partition coefficient (Wildman–Crippen LogP) is 3.31. The fourth-order valence-electron chi connectivity index (χ4n) is 2.65. The standard InChI is InChI=1S/C19H22BrN3O3S/c1-10-7-11(2)17(12(3)8-10)23-16(24)9-21-18(25)13(4)22-19(26)14-5-6-15(20)27-14/h5-8,13H,9H2,1-4H3,(H,21,25)(H,22,26)(H,23,24). The molecule has 27 heavy (non-hydrogen) atoms. The van der Waals surface area contributed by atoms with Crippen molar-refractivity contribution in [2.75, 3.05) is 11.9 Å². The van der Waals surface area contributed by atoms with Crippen LogP contribution in [-0.2, 0) is 9.59 Å². The van der Waals surface area contributed by atoms with E-state index in [0.29, 0.717) is 4.88 Å². The Hall–Kier alpha value is -2.19. The molecule has 0 aliphatic heterocycles. The van der Waals surface area contributed by atoms with Crippen molar-refractivity contribution < 1.29 is 14.4 Å². The summed E-state index contributed by atoms with van der Waals surface area (Å²) in [6.45, 7) is 7.25. The molecule has 0 spiro atoms. The van der Waals surface area contributed by atoms with Crippen LogP contribution in [0.25, 0.3) is 0 Å². The summed E-state index contributed by atoms with van der Waals surface area (Å²) in [6, 6.07) is 6.66. The van der Waals surface area contributed by atoms with Gasteiger partial charge in [0.1, 0.15) is 6.04 Å². The third-order valence-electron chi connectivity index (χ3n) is 3.90. The van der Waals surface area contributed by atoms with E-state index < -0.39 is 11.9 Å². The van der Waals surface area contributed by atoms with E-state index in [1.54, 1.807) is 19.1 Å². The molecule has 1 heterocycles. The normalized spacial score (nSPS) is 11.6. The van der Waals surface area contributed by atoms with Gasteiger partial charge in [0, 0.05) is 5.69 Å². The van der Waals surface area contributed by atoms with Crippen LogP contribution in [-0.4, -0.2) is 30.3 Å². The monoisotopic (exact) mass is 451 g/mol. The molecule has 3 N–H and O–H groups in total. The lowest BCUT2D eigenvalue weighted by atomic mass is 10.1. The van der Waals surface area contributed by atoms with Gasteiger partial charge < -0.3 is 16.0 Å². The highest BCUT2D eigenvalue weighted by Crippen LogP contribution is 2.22. The van der Waals surface area contributed by atoms with Crippen LogP contribution in [0.2, 0.25) is 0 Å². The van der Waals surface area contributed by atoms with E-state index >= 15 is 0 Å². The number of benzene rings is 1. The largest absolute Gasteiger partial charge is 0.345 e. The van der Waals surface area contributed by atoms with Crippen LogP contribution in [0, 0.1) is 20.8 Å². The number of aryl methyl sites for hydroxylation is 3. The first-order chi connectivity index (χ1) is 12.7. The topological polar surface area (TPSA) is 87.3 Å². The van der Waals surface area contributed by atoms with E-state index in [1.165, 1.54) is 11.3 Å². The molecular formula is C19H22BrN3O3S. The molecule has 3 amide bonds. The Kier molecular flexibility index (Phi) is 7.15. The minimum Gasteiger partial charge on any atom is -0.345 e. The molecule has 0 fully saturated rings. The second-order valence-corrected chi connectivity index (χ2v) is 8.80. The number of rotatable bonds is 6. The van der Waals surface area contributed by atoms with Crippen LogP contribution in [0.15, 0.2) is 28.1 Å². The highest BCUT2D eigenvalue weighted by Gasteiger charge is 2.18. The van der Waals surface area contributed by atoms with Crippen LogP contribution in [0.3, 0.4) is 0 Å². The number of carbonyl (C=O) groups excluding carboxylic acids is 3. The summed E-state index contributed by atoms with van der Waals surface area (Å²) >= 11 is 4.57. The minimum atomic E-state index is -0.756. The third-order valence-corrected chi connectivity index (χ3v) is 5.52. The molecule has 2 aromatic rings. The Morgan fingerprint density at radius 2 is 1.74 bits per heavy atom. The Morgan fingerprint density at radius 1 is 1.11 bits per heavy atom. The van der Waals surface area contributed by atoms with E-state index in [1.807, 2.05) is 32.9 Å². The highest BCUT2D eigenvalue weighted by atomic mass is 79.9.